The smallest absolute Gasteiger partial charge is 0.330 e. The van der Waals surface area contributed by atoms with Crippen LogP contribution in [0.1, 0.15) is 12.8 Å². The van der Waals surface area contributed by atoms with Crippen molar-refractivity contribution in [3.05, 3.63) is 25.3 Å². The topological polar surface area (TPSA) is 143 Å². The number of carbonyl (C=O) groups is 2. The van der Waals surface area contributed by atoms with Gasteiger partial charge in [0.25, 0.3) is 0 Å². The van der Waals surface area contributed by atoms with Crippen molar-refractivity contribution in [2.45, 2.75) is 37.3 Å². The molecule has 0 saturated carbocycles. The van der Waals surface area contributed by atoms with Crippen molar-refractivity contribution >= 4 is 11.9 Å². The SMILES string of the molecule is C=CC(=O)OCC(O)CC(O)COCC(O)CC(O)COC(=O)C=C. The van der Waals surface area contributed by atoms with E-state index < -0.39 is 36.4 Å². The molecule has 0 aromatic carbocycles. The molecule has 0 saturated heterocycles. The van der Waals surface area contributed by atoms with Gasteiger partial charge in [0, 0.05) is 25.0 Å². The molecule has 0 amide bonds. The zero-order valence-electron chi connectivity index (χ0n) is 14.0. The fourth-order valence-corrected chi connectivity index (χ4v) is 1.71. The maximum atomic E-state index is 10.8. The van der Waals surface area contributed by atoms with Gasteiger partial charge in [-0.05, 0) is 0 Å². The molecule has 25 heavy (non-hydrogen) atoms. The molecule has 0 aromatic heterocycles. The van der Waals surface area contributed by atoms with Gasteiger partial charge >= 0.3 is 11.9 Å². The second-order valence-electron chi connectivity index (χ2n) is 5.29. The van der Waals surface area contributed by atoms with E-state index in [4.69, 9.17) is 4.74 Å². The third kappa shape index (κ3) is 13.2. The Morgan fingerprint density at radius 2 is 1.04 bits per heavy atom. The van der Waals surface area contributed by atoms with Crippen LogP contribution in [0, 0.1) is 0 Å². The van der Waals surface area contributed by atoms with E-state index in [1.807, 2.05) is 0 Å². The first-order valence-corrected chi connectivity index (χ1v) is 7.66. The molecule has 9 heteroatoms. The van der Waals surface area contributed by atoms with Crippen molar-refractivity contribution in [3.8, 4) is 0 Å². The van der Waals surface area contributed by atoms with Crippen LogP contribution in [0.2, 0.25) is 0 Å². The molecule has 0 aromatic rings. The van der Waals surface area contributed by atoms with Crippen LogP contribution in [0.15, 0.2) is 25.3 Å². The number of esters is 2. The maximum absolute atomic E-state index is 10.8. The summed E-state index contributed by atoms with van der Waals surface area (Å²) in [4.78, 5) is 21.6. The summed E-state index contributed by atoms with van der Waals surface area (Å²) in [7, 11) is 0. The van der Waals surface area contributed by atoms with Crippen molar-refractivity contribution < 1.29 is 44.2 Å². The lowest BCUT2D eigenvalue weighted by molar-refractivity contribution is -0.141. The van der Waals surface area contributed by atoms with Gasteiger partial charge in [-0.2, -0.15) is 0 Å². The summed E-state index contributed by atoms with van der Waals surface area (Å²) < 4.78 is 14.3. The van der Waals surface area contributed by atoms with Crippen LogP contribution in [0.3, 0.4) is 0 Å². The Labute approximate surface area is 146 Å². The number of hydrogen-bond acceptors (Lipinski definition) is 9. The third-order valence-corrected chi connectivity index (χ3v) is 2.88. The quantitative estimate of drug-likeness (QED) is 0.219. The van der Waals surface area contributed by atoms with Crippen molar-refractivity contribution in [2.75, 3.05) is 26.4 Å². The molecule has 144 valence electrons. The molecule has 0 rings (SSSR count). The molecule has 0 heterocycles. The molecule has 0 bridgehead atoms. The van der Waals surface area contributed by atoms with Crippen LogP contribution in [0.4, 0.5) is 0 Å². The molecular weight excluding hydrogens is 336 g/mol. The summed E-state index contributed by atoms with van der Waals surface area (Å²) in [6, 6.07) is 0. The fourth-order valence-electron chi connectivity index (χ4n) is 1.71. The van der Waals surface area contributed by atoms with Crippen LogP contribution in [0.25, 0.3) is 0 Å². The second kappa shape index (κ2) is 13.5. The standard InChI is InChI=1S/C16H26O9/c1-3-15(21)24-9-13(19)5-11(17)7-23-8-12(18)6-14(20)10-25-16(22)4-2/h3-4,11-14,17-20H,1-2,5-10H2. The molecule has 0 fully saturated rings. The van der Waals surface area contributed by atoms with Crippen LogP contribution in [-0.2, 0) is 23.8 Å². The highest BCUT2D eigenvalue weighted by atomic mass is 16.5. The van der Waals surface area contributed by atoms with E-state index in [0.29, 0.717) is 0 Å². The van der Waals surface area contributed by atoms with Gasteiger partial charge < -0.3 is 34.6 Å². The number of carbonyl (C=O) groups excluding carboxylic acids is 2. The van der Waals surface area contributed by atoms with E-state index in [-0.39, 0.29) is 39.3 Å². The summed E-state index contributed by atoms with van der Waals surface area (Å²) in [6.45, 7) is 5.53. The monoisotopic (exact) mass is 362 g/mol. The highest BCUT2D eigenvalue weighted by molar-refractivity contribution is 5.81. The summed E-state index contributed by atoms with van der Waals surface area (Å²) in [6.07, 6.45) is -2.42. The van der Waals surface area contributed by atoms with Crippen LogP contribution in [0.5, 0.6) is 0 Å². The Hall–Kier alpha value is -1.78. The Morgan fingerprint density at radius 1 is 0.720 bits per heavy atom. The third-order valence-electron chi connectivity index (χ3n) is 2.88. The average molecular weight is 362 g/mol. The lowest BCUT2D eigenvalue weighted by Gasteiger charge is -2.18. The van der Waals surface area contributed by atoms with Gasteiger partial charge in [-0.3, -0.25) is 0 Å². The minimum Gasteiger partial charge on any atom is -0.460 e. The van der Waals surface area contributed by atoms with Crippen LogP contribution >= 0.6 is 0 Å². The molecule has 0 spiro atoms. The van der Waals surface area contributed by atoms with Crippen molar-refractivity contribution in [1.29, 1.82) is 0 Å². The summed E-state index contributed by atoms with van der Waals surface area (Å²) in [5, 5.41) is 38.4. The molecule has 9 nitrogen and oxygen atoms in total. The van der Waals surface area contributed by atoms with E-state index in [1.54, 1.807) is 0 Å². The zero-order chi connectivity index (χ0) is 19.2. The number of aliphatic hydroxyl groups is 4. The van der Waals surface area contributed by atoms with E-state index in [0.717, 1.165) is 12.2 Å². The highest BCUT2D eigenvalue weighted by Crippen LogP contribution is 2.04. The zero-order valence-corrected chi connectivity index (χ0v) is 14.0. The lowest BCUT2D eigenvalue weighted by Crippen LogP contribution is -2.30. The summed E-state index contributed by atoms with van der Waals surface area (Å²) >= 11 is 0. The van der Waals surface area contributed by atoms with Gasteiger partial charge in [0.15, 0.2) is 0 Å². The van der Waals surface area contributed by atoms with E-state index in [9.17, 15) is 30.0 Å². The second-order valence-corrected chi connectivity index (χ2v) is 5.29. The van der Waals surface area contributed by atoms with Gasteiger partial charge in [-0.25, -0.2) is 9.59 Å². The highest BCUT2D eigenvalue weighted by Gasteiger charge is 2.16. The average Bonchev–Trinajstić information content (AvgIpc) is 2.57. The fraction of sp³-hybridized carbons (Fsp3) is 0.625. The van der Waals surface area contributed by atoms with Crippen LogP contribution in [-0.4, -0.2) is 83.2 Å². The van der Waals surface area contributed by atoms with Gasteiger partial charge in [-0.15, -0.1) is 0 Å². The molecule has 4 N–H and O–H groups in total. The Balaban J connectivity index is 3.82. The number of rotatable bonds is 14. The molecule has 4 atom stereocenters. The molecule has 0 aliphatic rings. The Bertz CT molecular complexity index is 386. The Kier molecular flexibility index (Phi) is 12.5. The molecular formula is C16H26O9. The number of aliphatic hydroxyl groups excluding tert-OH is 4. The summed E-state index contributed by atoms with van der Waals surface area (Å²) in [5.74, 6) is -1.35. The van der Waals surface area contributed by atoms with E-state index >= 15 is 0 Å². The first-order valence-electron chi connectivity index (χ1n) is 7.66. The predicted octanol–water partition coefficient (Wildman–Crippen LogP) is -1.31. The van der Waals surface area contributed by atoms with Crippen molar-refractivity contribution in [2.24, 2.45) is 0 Å². The maximum Gasteiger partial charge on any atom is 0.330 e. The predicted molar refractivity (Wildman–Crippen MR) is 86.4 cm³/mol. The molecule has 4 unspecified atom stereocenters. The van der Waals surface area contributed by atoms with E-state index in [1.165, 1.54) is 0 Å². The van der Waals surface area contributed by atoms with E-state index in [2.05, 4.69) is 22.6 Å². The largest absolute Gasteiger partial charge is 0.460 e. The first kappa shape index (κ1) is 23.2. The summed E-state index contributed by atoms with van der Waals surface area (Å²) in [5.41, 5.74) is 0. The lowest BCUT2D eigenvalue weighted by atomic mass is 10.1. The van der Waals surface area contributed by atoms with Gasteiger partial charge in [0.2, 0.25) is 0 Å². The number of ether oxygens (including phenoxy) is 3. The van der Waals surface area contributed by atoms with Crippen molar-refractivity contribution in [1.82, 2.24) is 0 Å². The Morgan fingerprint density at radius 3 is 1.36 bits per heavy atom. The molecule has 0 radical (unpaired) electrons. The van der Waals surface area contributed by atoms with Crippen LogP contribution < -0.4 is 0 Å². The van der Waals surface area contributed by atoms with Gasteiger partial charge in [0.05, 0.1) is 37.6 Å². The van der Waals surface area contributed by atoms with Gasteiger partial charge in [0.1, 0.15) is 13.2 Å². The van der Waals surface area contributed by atoms with Crippen molar-refractivity contribution in [3.63, 3.8) is 0 Å². The minimum absolute atomic E-state index is 0.0827. The minimum atomic E-state index is -1.06. The number of hydrogen-bond donors (Lipinski definition) is 4. The first-order chi connectivity index (χ1) is 11.8. The normalized spacial score (nSPS) is 15.5. The molecule has 0 aliphatic heterocycles. The molecule has 0 aliphatic carbocycles. The van der Waals surface area contributed by atoms with Gasteiger partial charge in [-0.1, -0.05) is 13.2 Å².